The maximum atomic E-state index is 12.5. The maximum absolute atomic E-state index is 12.5. The van der Waals surface area contributed by atoms with Gasteiger partial charge in [-0.1, -0.05) is 18.2 Å². The van der Waals surface area contributed by atoms with Gasteiger partial charge in [0.05, 0.1) is 13.2 Å². The van der Waals surface area contributed by atoms with E-state index in [0.29, 0.717) is 30.0 Å². The van der Waals surface area contributed by atoms with Gasteiger partial charge >= 0.3 is 5.97 Å². The third-order valence-corrected chi connectivity index (χ3v) is 4.67. The number of amides is 1. The topological polar surface area (TPSA) is 109 Å². The Morgan fingerprint density at radius 2 is 1.77 bits per heavy atom. The number of rotatable bonds is 6. The number of anilines is 1. The third-order valence-electron chi connectivity index (χ3n) is 4.67. The molecular formula is C21H26Cl2N4O3. The monoisotopic (exact) mass is 452 g/mol. The lowest BCUT2D eigenvalue weighted by Crippen LogP contribution is -2.35. The van der Waals surface area contributed by atoms with Gasteiger partial charge in [0.25, 0.3) is 5.91 Å². The van der Waals surface area contributed by atoms with E-state index in [1.54, 1.807) is 31.2 Å². The minimum absolute atomic E-state index is 0. The molecule has 0 radical (unpaired) electrons. The van der Waals surface area contributed by atoms with E-state index < -0.39 is 0 Å². The number of benzene rings is 2. The zero-order chi connectivity index (χ0) is 20.1. The van der Waals surface area contributed by atoms with Crippen molar-refractivity contribution in [3.63, 3.8) is 0 Å². The van der Waals surface area contributed by atoms with E-state index in [-0.39, 0.29) is 49.1 Å². The first-order chi connectivity index (χ1) is 13.5. The Bertz CT molecular complexity index is 904. The smallest absolute Gasteiger partial charge is 0.320 e. The minimum atomic E-state index is -0.228. The van der Waals surface area contributed by atoms with Gasteiger partial charge < -0.3 is 15.8 Å². The van der Waals surface area contributed by atoms with E-state index in [2.05, 4.69) is 5.32 Å². The van der Waals surface area contributed by atoms with Crippen molar-refractivity contribution in [3.8, 4) is 0 Å². The molecule has 1 heterocycles. The Morgan fingerprint density at radius 3 is 2.40 bits per heavy atom. The van der Waals surface area contributed by atoms with Gasteiger partial charge in [-0.15, -0.1) is 24.8 Å². The molecule has 0 bridgehead atoms. The Kier molecular flexibility index (Phi) is 9.78. The van der Waals surface area contributed by atoms with Crippen molar-refractivity contribution in [3.05, 3.63) is 64.7 Å². The predicted molar refractivity (Wildman–Crippen MR) is 122 cm³/mol. The Balaban J connectivity index is 0.00000225. The Labute approximate surface area is 188 Å². The van der Waals surface area contributed by atoms with Gasteiger partial charge in [-0.3, -0.25) is 19.9 Å². The van der Waals surface area contributed by atoms with Crippen molar-refractivity contribution < 1.29 is 14.3 Å². The average molecular weight is 453 g/mol. The number of nitrogen functional groups attached to an aromatic ring is 1. The fourth-order valence-corrected chi connectivity index (χ4v) is 3.22. The SMILES string of the molecule is CCOC(=O)CN1CCc2ccc(NC(=O)c3ccc(C(=N)N)cc3)cc2C1.Cl.Cl. The fraction of sp³-hybridized carbons (Fsp3) is 0.286. The van der Waals surface area contributed by atoms with Gasteiger partial charge in [0.1, 0.15) is 5.84 Å². The molecule has 0 aliphatic carbocycles. The number of nitrogens with zero attached hydrogens (tertiary/aromatic N) is 1. The summed E-state index contributed by atoms with van der Waals surface area (Å²) in [4.78, 5) is 26.2. The summed E-state index contributed by atoms with van der Waals surface area (Å²) in [6, 6.07) is 12.5. The molecule has 1 amide bonds. The molecule has 2 aromatic rings. The van der Waals surface area contributed by atoms with Crippen LogP contribution in [0.2, 0.25) is 0 Å². The second-order valence-electron chi connectivity index (χ2n) is 6.69. The van der Waals surface area contributed by atoms with E-state index in [0.717, 1.165) is 18.5 Å². The molecule has 3 rings (SSSR count). The Morgan fingerprint density at radius 1 is 1.10 bits per heavy atom. The Hall–Kier alpha value is -2.61. The van der Waals surface area contributed by atoms with E-state index >= 15 is 0 Å². The van der Waals surface area contributed by atoms with Gasteiger partial charge in [0, 0.05) is 29.9 Å². The quantitative estimate of drug-likeness (QED) is 0.354. The summed E-state index contributed by atoms with van der Waals surface area (Å²) in [6.45, 7) is 3.90. The number of ether oxygens (including phenoxy) is 1. The molecule has 4 N–H and O–H groups in total. The molecule has 2 aromatic carbocycles. The van der Waals surface area contributed by atoms with Gasteiger partial charge in [0.15, 0.2) is 0 Å². The molecule has 0 atom stereocenters. The van der Waals surface area contributed by atoms with E-state index in [4.69, 9.17) is 15.9 Å². The van der Waals surface area contributed by atoms with Crippen molar-refractivity contribution >= 4 is 48.2 Å². The molecule has 1 aliphatic rings. The van der Waals surface area contributed by atoms with Crippen molar-refractivity contribution in [2.45, 2.75) is 19.9 Å². The van der Waals surface area contributed by atoms with E-state index in [9.17, 15) is 9.59 Å². The fourth-order valence-electron chi connectivity index (χ4n) is 3.22. The van der Waals surface area contributed by atoms with Crippen LogP contribution in [-0.2, 0) is 22.5 Å². The average Bonchev–Trinajstić information content (AvgIpc) is 2.68. The predicted octanol–water partition coefficient (Wildman–Crippen LogP) is 2.99. The third kappa shape index (κ3) is 6.45. The highest BCUT2D eigenvalue weighted by Crippen LogP contribution is 2.23. The number of fused-ring (bicyclic) bond motifs is 1. The summed E-state index contributed by atoms with van der Waals surface area (Å²) in [5.74, 6) is -0.479. The first kappa shape index (κ1) is 25.4. The van der Waals surface area contributed by atoms with Crippen LogP contribution >= 0.6 is 24.8 Å². The first-order valence-corrected chi connectivity index (χ1v) is 9.22. The molecule has 0 saturated heterocycles. The lowest BCUT2D eigenvalue weighted by atomic mass is 9.99. The summed E-state index contributed by atoms with van der Waals surface area (Å²) in [5, 5.41) is 10.3. The lowest BCUT2D eigenvalue weighted by Gasteiger charge is -2.28. The number of nitrogens with two attached hydrogens (primary N) is 1. The number of amidine groups is 1. The zero-order valence-corrected chi connectivity index (χ0v) is 18.3. The van der Waals surface area contributed by atoms with Crippen molar-refractivity contribution in [1.82, 2.24) is 4.90 Å². The molecule has 7 nitrogen and oxygen atoms in total. The maximum Gasteiger partial charge on any atom is 0.320 e. The zero-order valence-electron chi connectivity index (χ0n) is 16.6. The van der Waals surface area contributed by atoms with Gasteiger partial charge in [-0.2, -0.15) is 0 Å². The van der Waals surface area contributed by atoms with Crippen molar-refractivity contribution in [1.29, 1.82) is 5.41 Å². The highest BCUT2D eigenvalue weighted by molar-refractivity contribution is 6.05. The van der Waals surface area contributed by atoms with Crippen LogP contribution in [0.4, 0.5) is 5.69 Å². The van der Waals surface area contributed by atoms with E-state index in [1.165, 1.54) is 5.56 Å². The largest absolute Gasteiger partial charge is 0.465 e. The second-order valence-corrected chi connectivity index (χ2v) is 6.69. The number of hydrogen-bond donors (Lipinski definition) is 3. The van der Waals surface area contributed by atoms with Gasteiger partial charge in [-0.25, -0.2) is 0 Å². The van der Waals surface area contributed by atoms with Gasteiger partial charge in [-0.05, 0) is 48.7 Å². The molecule has 0 unspecified atom stereocenters. The van der Waals surface area contributed by atoms with Crippen molar-refractivity contribution in [2.75, 3.05) is 25.0 Å². The summed E-state index contributed by atoms with van der Waals surface area (Å²) >= 11 is 0. The second kappa shape index (κ2) is 11.5. The molecule has 0 saturated carbocycles. The van der Waals surface area contributed by atoms with Crippen LogP contribution in [-0.4, -0.2) is 42.3 Å². The summed E-state index contributed by atoms with van der Waals surface area (Å²) in [6.07, 6.45) is 0.857. The highest BCUT2D eigenvalue weighted by atomic mass is 35.5. The van der Waals surface area contributed by atoms with Crippen LogP contribution in [0.25, 0.3) is 0 Å². The number of nitrogens with one attached hydrogen (secondary N) is 2. The standard InChI is InChI=1S/C21H24N4O3.2ClH/c1-2-28-19(26)13-25-10-9-14-7-8-18(11-17(14)12-25)24-21(27)16-5-3-15(4-6-16)20(22)23;;/h3-8,11H,2,9-10,12-13H2,1H3,(H3,22,23)(H,24,27);2*1H. The molecule has 9 heteroatoms. The summed E-state index contributed by atoms with van der Waals surface area (Å²) in [5.41, 5.74) is 9.53. The molecule has 162 valence electrons. The molecule has 1 aliphatic heterocycles. The van der Waals surface area contributed by atoms with Crippen LogP contribution in [0.5, 0.6) is 0 Å². The molecule has 0 fully saturated rings. The number of carbonyl (C=O) groups excluding carboxylic acids is 2. The number of halogens is 2. The van der Waals surface area contributed by atoms with Crippen LogP contribution < -0.4 is 11.1 Å². The summed E-state index contributed by atoms with van der Waals surface area (Å²) < 4.78 is 5.02. The van der Waals surface area contributed by atoms with Crippen LogP contribution in [0.1, 0.15) is 34.0 Å². The van der Waals surface area contributed by atoms with E-state index in [1.807, 2.05) is 23.1 Å². The number of carbonyl (C=O) groups is 2. The van der Waals surface area contributed by atoms with Crippen LogP contribution in [0.15, 0.2) is 42.5 Å². The first-order valence-electron chi connectivity index (χ1n) is 9.22. The van der Waals surface area contributed by atoms with Gasteiger partial charge in [0.2, 0.25) is 0 Å². The molecule has 0 aromatic heterocycles. The highest BCUT2D eigenvalue weighted by Gasteiger charge is 2.19. The van der Waals surface area contributed by atoms with Crippen LogP contribution in [0.3, 0.4) is 0 Å². The number of esters is 1. The summed E-state index contributed by atoms with van der Waals surface area (Å²) in [7, 11) is 0. The lowest BCUT2D eigenvalue weighted by molar-refractivity contribution is -0.144. The number of hydrogen-bond acceptors (Lipinski definition) is 5. The van der Waals surface area contributed by atoms with Crippen molar-refractivity contribution in [2.24, 2.45) is 5.73 Å². The molecule has 0 spiro atoms. The normalized spacial score (nSPS) is 12.6. The minimum Gasteiger partial charge on any atom is -0.465 e. The molecule has 30 heavy (non-hydrogen) atoms. The van der Waals surface area contributed by atoms with Crippen LogP contribution in [0, 0.1) is 5.41 Å². The molecular weight excluding hydrogens is 427 g/mol.